The van der Waals surface area contributed by atoms with Crippen molar-refractivity contribution in [2.45, 2.75) is 6.92 Å². The first kappa shape index (κ1) is 13.1. The lowest BCUT2D eigenvalue weighted by atomic mass is 10.3. The van der Waals surface area contributed by atoms with E-state index in [4.69, 9.17) is 4.74 Å². The first-order valence-corrected chi connectivity index (χ1v) is 5.38. The zero-order valence-electron chi connectivity index (χ0n) is 10.3. The number of nitrogens with one attached hydrogen (secondary N) is 1. The van der Waals surface area contributed by atoms with Crippen LogP contribution >= 0.6 is 0 Å². The molecule has 0 spiro atoms. The lowest BCUT2D eigenvalue weighted by Gasteiger charge is -2.11. The predicted molar refractivity (Wildman–Crippen MR) is 69.2 cm³/mol. The summed E-state index contributed by atoms with van der Waals surface area (Å²) in [5.74, 6) is 1.44. The molecule has 1 rings (SSSR count). The Kier molecular flexibility index (Phi) is 5.10. The van der Waals surface area contributed by atoms with Crippen LogP contribution in [-0.2, 0) is 0 Å². The van der Waals surface area contributed by atoms with Crippen molar-refractivity contribution in [1.82, 2.24) is 5.32 Å². The van der Waals surface area contributed by atoms with Gasteiger partial charge in [-0.3, -0.25) is 10.3 Å². The summed E-state index contributed by atoms with van der Waals surface area (Å²) in [4.78, 5) is 0. The summed E-state index contributed by atoms with van der Waals surface area (Å²) in [7, 11) is 3.39. The van der Waals surface area contributed by atoms with E-state index in [2.05, 4.69) is 5.32 Å². The number of benzene rings is 1. The van der Waals surface area contributed by atoms with Crippen LogP contribution in [0, 0.1) is 0 Å². The van der Waals surface area contributed by atoms with E-state index in [9.17, 15) is 5.21 Å². The van der Waals surface area contributed by atoms with Crippen LogP contribution in [0.3, 0.4) is 0 Å². The highest BCUT2D eigenvalue weighted by atomic mass is 16.5. The molecule has 0 aliphatic heterocycles. The zero-order valence-corrected chi connectivity index (χ0v) is 10.3. The van der Waals surface area contributed by atoms with E-state index in [1.165, 1.54) is 0 Å². The van der Waals surface area contributed by atoms with Gasteiger partial charge in [0.05, 0.1) is 5.69 Å². The van der Waals surface area contributed by atoms with Crippen molar-refractivity contribution in [3.8, 4) is 5.75 Å². The molecule has 0 radical (unpaired) electrons. The fourth-order valence-corrected chi connectivity index (χ4v) is 1.28. The van der Waals surface area contributed by atoms with Crippen molar-refractivity contribution in [3.05, 3.63) is 48.4 Å². The molecule has 0 bridgehead atoms. The number of hydrogen-bond acceptors (Lipinski definition) is 4. The SMILES string of the molecule is C/C=C\C(=C/NC)Oc1ccc(N(C)O)cc1. The third kappa shape index (κ3) is 4.20. The fraction of sp³-hybridized carbons (Fsp3) is 0.231. The molecular formula is C13H18N2O2. The lowest BCUT2D eigenvalue weighted by Crippen LogP contribution is -2.09. The molecule has 1 aromatic carbocycles. The molecule has 4 heteroatoms. The first-order valence-electron chi connectivity index (χ1n) is 5.38. The van der Waals surface area contributed by atoms with Crippen molar-refractivity contribution in [1.29, 1.82) is 0 Å². The molecule has 0 aliphatic carbocycles. The Bertz CT molecular complexity index is 394. The number of nitrogens with zero attached hydrogens (tertiary/aromatic N) is 1. The van der Waals surface area contributed by atoms with E-state index < -0.39 is 0 Å². The molecule has 0 amide bonds. The Morgan fingerprint density at radius 1 is 1.35 bits per heavy atom. The minimum Gasteiger partial charge on any atom is -0.456 e. The molecule has 2 N–H and O–H groups in total. The van der Waals surface area contributed by atoms with Crippen molar-refractivity contribution >= 4 is 5.69 Å². The van der Waals surface area contributed by atoms with Gasteiger partial charge in [0.1, 0.15) is 11.5 Å². The fourth-order valence-electron chi connectivity index (χ4n) is 1.28. The monoisotopic (exact) mass is 234 g/mol. The summed E-state index contributed by atoms with van der Waals surface area (Å²) >= 11 is 0. The van der Waals surface area contributed by atoms with Crippen LogP contribution in [-0.4, -0.2) is 19.3 Å². The van der Waals surface area contributed by atoms with E-state index in [1.54, 1.807) is 37.5 Å². The average molecular weight is 234 g/mol. The van der Waals surface area contributed by atoms with Gasteiger partial charge in [-0.2, -0.15) is 0 Å². The third-order valence-corrected chi connectivity index (χ3v) is 2.06. The van der Waals surface area contributed by atoms with Crippen molar-refractivity contribution in [2.75, 3.05) is 19.2 Å². The normalized spacial score (nSPS) is 11.6. The molecule has 0 aliphatic rings. The Morgan fingerprint density at radius 3 is 2.47 bits per heavy atom. The molecule has 0 fully saturated rings. The van der Waals surface area contributed by atoms with E-state index in [0.29, 0.717) is 5.69 Å². The van der Waals surface area contributed by atoms with Gasteiger partial charge in [0.25, 0.3) is 0 Å². The van der Waals surface area contributed by atoms with Crippen molar-refractivity contribution in [3.63, 3.8) is 0 Å². The van der Waals surface area contributed by atoms with Gasteiger partial charge in [-0.15, -0.1) is 0 Å². The van der Waals surface area contributed by atoms with Gasteiger partial charge in [0, 0.05) is 20.3 Å². The number of rotatable bonds is 5. The van der Waals surface area contributed by atoms with E-state index >= 15 is 0 Å². The molecule has 0 atom stereocenters. The van der Waals surface area contributed by atoms with Gasteiger partial charge in [-0.1, -0.05) is 6.08 Å². The molecule has 0 saturated carbocycles. The smallest absolute Gasteiger partial charge is 0.142 e. The Labute approximate surface area is 102 Å². The molecule has 0 heterocycles. The molecule has 4 nitrogen and oxygen atoms in total. The largest absolute Gasteiger partial charge is 0.456 e. The van der Waals surface area contributed by atoms with Crippen LogP contribution in [0.1, 0.15) is 6.92 Å². The maximum atomic E-state index is 9.22. The van der Waals surface area contributed by atoms with E-state index in [-0.39, 0.29) is 0 Å². The van der Waals surface area contributed by atoms with Crippen molar-refractivity contribution in [2.24, 2.45) is 0 Å². The van der Waals surface area contributed by atoms with E-state index in [0.717, 1.165) is 16.6 Å². The van der Waals surface area contributed by atoms with Crippen LogP contribution < -0.4 is 15.1 Å². The van der Waals surface area contributed by atoms with Crippen LogP contribution in [0.15, 0.2) is 48.4 Å². The third-order valence-electron chi connectivity index (χ3n) is 2.06. The Hall–Kier alpha value is -1.94. The van der Waals surface area contributed by atoms with Crippen LogP contribution in [0.5, 0.6) is 5.75 Å². The number of ether oxygens (including phenoxy) is 1. The van der Waals surface area contributed by atoms with Gasteiger partial charge >= 0.3 is 0 Å². The zero-order chi connectivity index (χ0) is 12.7. The molecule has 17 heavy (non-hydrogen) atoms. The second kappa shape index (κ2) is 6.60. The van der Waals surface area contributed by atoms with Crippen molar-refractivity contribution < 1.29 is 9.94 Å². The van der Waals surface area contributed by atoms with Crippen LogP contribution in [0.4, 0.5) is 5.69 Å². The topological polar surface area (TPSA) is 44.7 Å². The molecule has 1 aromatic rings. The standard InChI is InChI=1S/C13H18N2O2/c1-4-5-13(10-14-2)17-12-8-6-11(7-9-12)15(3)16/h4-10,14,16H,1-3H3/b5-4-,13-10+. The molecule has 0 saturated heterocycles. The number of hydroxylamine groups is 1. The van der Waals surface area contributed by atoms with Crippen LogP contribution in [0.25, 0.3) is 0 Å². The molecular weight excluding hydrogens is 216 g/mol. The lowest BCUT2D eigenvalue weighted by molar-refractivity contribution is 0.279. The van der Waals surface area contributed by atoms with Gasteiger partial charge < -0.3 is 10.1 Å². The first-order chi connectivity index (χ1) is 8.17. The summed E-state index contributed by atoms with van der Waals surface area (Å²) in [6, 6.07) is 7.16. The molecule has 92 valence electrons. The second-order valence-electron chi connectivity index (χ2n) is 3.45. The summed E-state index contributed by atoms with van der Waals surface area (Å²) < 4.78 is 5.64. The summed E-state index contributed by atoms with van der Waals surface area (Å²) in [5.41, 5.74) is 0.711. The van der Waals surface area contributed by atoms with Gasteiger partial charge in [0.2, 0.25) is 0 Å². The van der Waals surface area contributed by atoms with Gasteiger partial charge in [-0.25, -0.2) is 0 Å². The minimum absolute atomic E-state index is 0.711. The highest BCUT2D eigenvalue weighted by Gasteiger charge is 1.99. The summed E-state index contributed by atoms with van der Waals surface area (Å²) in [5, 5.41) is 13.2. The highest BCUT2D eigenvalue weighted by molar-refractivity contribution is 5.46. The average Bonchev–Trinajstić information content (AvgIpc) is 2.30. The Balaban J connectivity index is 2.77. The van der Waals surface area contributed by atoms with Gasteiger partial charge in [-0.05, 0) is 37.3 Å². The predicted octanol–water partition coefficient (Wildman–Crippen LogP) is 2.53. The number of anilines is 1. The quantitative estimate of drug-likeness (QED) is 0.467. The maximum absolute atomic E-state index is 9.22. The summed E-state index contributed by atoms with van der Waals surface area (Å²) in [6.07, 6.45) is 5.54. The minimum atomic E-state index is 0.711. The van der Waals surface area contributed by atoms with Gasteiger partial charge in [0.15, 0.2) is 0 Å². The van der Waals surface area contributed by atoms with E-state index in [1.807, 2.05) is 26.1 Å². The molecule has 0 unspecified atom stereocenters. The maximum Gasteiger partial charge on any atom is 0.142 e. The summed E-state index contributed by atoms with van der Waals surface area (Å²) in [6.45, 7) is 1.93. The number of allylic oxidation sites excluding steroid dienone is 2. The Morgan fingerprint density at radius 2 is 2.00 bits per heavy atom. The highest BCUT2D eigenvalue weighted by Crippen LogP contribution is 2.19. The molecule has 0 aromatic heterocycles. The van der Waals surface area contributed by atoms with Crippen LogP contribution in [0.2, 0.25) is 0 Å². The second-order valence-corrected chi connectivity index (χ2v) is 3.45. The number of hydrogen-bond donors (Lipinski definition) is 2.